The molecule has 4 nitrogen and oxygen atoms in total. The summed E-state index contributed by atoms with van der Waals surface area (Å²) < 4.78 is 1.02. The molecule has 1 aliphatic rings. The van der Waals surface area contributed by atoms with Gasteiger partial charge in [-0.25, -0.2) is 4.98 Å². The normalized spacial score (nSPS) is 19.4. The molecule has 1 heterocycles. The number of carbonyl (C=O) groups excluding carboxylic acids is 1. The molecule has 1 N–H and O–H groups in total. The van der Waals surface area contributed by atoms with Crippen LogP contribution >= 0.6 is 15.9 Å². The second kappa shape index (κ2) is 8.64. The fourth-order valence-corrected chi connectivity index (χ4v) is 4.40. The Bertz CT molecular complexity index is 1010. The van der Waals surface area contributed by atoms with Crippen LogP contribution < -0.4 is 5.32 Å². The van der Waals surface area contributed by atoms with Gasteiger partial charge in [0.2, 0.25) is 0 Å². The quantitative estimate of drug-likeness (QED) is 0.587. The minimum absolute atomic E-state index is 0.00438. The average molecular weight is 452 g/mol. The molecule has 0 bridgehead atoms. The number of fused-ring (bicyclic) bond motifs is 1. The lowest BCUT2D eigenvalue weighted by Crippen LogP contribution is -2.41. The topological polar surface area (TPSA) is 45.2 Å². The molecule has 0 aliphatic heterocycles. The Balaban J connectivity index is 1.62. The average Bonchev–Trinajstić information content (AvgIpc) is 2.74. The van der Waals surface area contributed by atoms with Crippen molar-refractivity contribution in [3.05, 3.63) is 64.6 Å². The SMILES string of the molecule is CN(C)C1CCC(NC(=O)c2cc(-c3ccc(Br)cc3)nc3ccccc23)CC1. The number of para-hydroxylation sites is 1. The van der Waals surface area contributed by atoms with Crippen LogP contribution in [-0.4, -0.2) is 42.0 Å². The Morgan fingerprint density at radius 3 is 2.41 bits per heavy atom. The van der Waals surface area contributed by atoms with Gasteiger partial charge < -0.3 is 10.2 Å². The van der Waals surface area contributed by atoms with Gasteiger partial charge in [0.1, 0.15) is 0 Å². The highest BCUT2D eigenvalue weighted by Crippen LogP contribution is 2.27. The fraction of sp³-hybridized carbons (Fsp3) is 0.333. The van der Waals surface area contributed by atoms with Crippen LogP contribution in [0.3, 0.4) is 0 Å². The van der Waals surface area contributed by atoms with Gasteiger partial charge in [-0.2, -0.15) is 0 Å². The number of halogens is 1. The van der Waals surface area contributed by atoms with Crippen LogP contribution in [-0.2, 0) is 0 Å². The van der Waals surface area contributed by atoms with Crippen molar-refractivity contribution in [2.45, 2.75) is 37.8 Å². The number of benzene rings is 2. The summed E-state index contributed by atoms with van der Waals surface area (Å²) in [5.41, 5.74) is 3.36. The highest BCUT2D eigenvalue weighted by atomic mass is 79.9. The molecule has 0 unspecified atom stereocenters. The summed E-state index contributed by atoms with van der Waals surface area (Å²) in [7, 11) is 4.27. The number of hydrogen-bond acceptors (Lipinski definition) is 3. The number of carbonyl (C=O) groups is 1. The zero-order chi connectivity index (χ0) is 20.4. The Morgan fingerprint density at radius 2 is 1.72 bits per heavy atom. The summed E-state index contributed by atoms with van der Waals surface area (Å²) in [6.07, 6.45) is 4.30. The molecular weight excluding hydrogens is 426 g/mol. The molecule has 2 aromatic carbocycles. The summed E-state index contributed by atoms with van der Waals surface area (Å²) in [4.78, 5) is 20.3. The van der Waals surface area contributed by atoms with Gasteiger partial charge in [0, 0.05) is 27.5 Å². The first kappa shape index (κ1) is 20.0. The van der Waals surface area contributed by atoms with Crippen molar-refractivity contribution in [2.24, 2.45) is 0 Å². The Kier molecular flexibility index (Phi) is 5.97. The molecule has 29 heavy (non-hydrogen) atoms. The molecule has 150 valence electrons. The van der Waals surface area contributed by atoms with Crippen LogP contribution in [0, 0.1) is 0 Å². The van der Waals surface area contributed by atoms with E-state index in [1.165, 1.54) is 0 Å². The minimum atomic E-state index is -0.00438. The Hall–Kier alpha value is -2.24. The standard InChI is InChI=1S/C24H26BrN3O/c1-28(2)19-13-11-18(12-14-19)26-24(29)21-15-23(16-7-9-17(25)10-8-16)27-22-6-4-3-5-20(21)22/h3-10,15,18-19H,11-14H2,1-2H3,(H,26,29). The number of amides is 1. The van der Waals surface area contributed by atoms with Crippen molar-refractivity contribution in [3.8, 4) is 11.3 Å². The maximum absolute atomic E-state index is 13.2. The molecule has 1 amide bonds. The molecule has 0 radical (unpaired) electrons. The van der Waals surface area contributed by atoms with Crippen molar-refractivity contribution in [2.75, 3.05) is 14.1 Å². The number of nitrogens with one attached hydrogen (secondary N) is 1. The Labute approximate surface area is 180 Å². The summed E-state index contributed by atoms with van der Waals surface area (Å²) in [5.74, 6) is -0.00438. The van der Waals surface area contributed by atoms with Gasteiger partial charge in [0.05, 0.1) is 16.8 Å². The number of hydrogen-bond donors (Lipinski definition) is 1. The number of rotatable bonds is 4. The monoisotopic (exact) mass is 451 g/mol. The lowest BCUT2D eigenvalue weighted by atomic mass is 9.90. The molecule has 3 aromatic rings. The van der Waals surface area contributed by atoms with Gasteiger partial charge >= 0.3 is 0 Å². The summed E-state index contributed by atoms with van der Waals surface area (Å²) in [6.45, 7) is 0. The highest BCUT2D eigenvalue weighted by molar-refractivity contribution is 9.10. The van der Waals surface area contributed by atoms with Crippen molar-refractivity contribution in [3.63, 3.8) is 0 Å². The zero-order valence-corrected chi connectivity index (χ0v) is 18.4. The molecule has 0 atom stereocenters. The number of aromatic nitrogens is 1. The van der Waals surface area contributed by atoms with Gasteiger partial charge in [-0.05, 0) is 64.0 Å². The molecular formula is C24H26BrN3O. The minimum Gasteiger partial charge on any atom is -0.349 e. The molecule has 4 rings (SSSR count). The van der Waals surface area contributed by atoms with Gasteiger partial charge in [0.15, 0.2) is 0 Å². The molecule has 1 saturated carbocycles. The van der Waals surface area contributed by atoms with Gasteiger partial charge in [0.25, 0.3) is 5.91 Å². The smallest absolute Gasteiger partial charge is 0.252 e. The highest BCUT2D eigenvalue weighted by Gasteiger charge is 2.24. The number of pyridine rings is 1. The predicted molar refractivity (Wildman–Crippen MR) is 122 cm³/mol. The van der Waals surface area contributed by atoms with E-state index >= 15 is 0 Å². The first-order valence-electron chi connectivity index (χ1n) is 10.1. The zero-order valence-electron chi connectivity index (χ0n) is 16.9. The van der Waals surface area contributed by atoms with Crippen molar-refractivity contribution < 1.29 is 4.79 Å². The first-order chi connectivity index (χ1) is 14.0. The molecule has 5 heteroatoms. The maximum atomic E-state index is 13.2. The molecule has 1 fully saturated rings. The van der Waals surface area contributed by atoms with Crippen LogP contribution in [0.4, 0.5) is 0 Å². The van der Waals surface area contributed by atoms with Crippen LogP contribution in [0.25, 0.3) is 22.2 Å². The second-order valence-corrected chi connectivity index (χ2v) is 8.94. The first-order valence-corrected chi connectivity index (χ1v) is 10.9. The second-order valence-electron chi connectivity index (χ2n) is 8.02. The molecule has 1 aliphatic carbocycles. The van der Waals surface area contributed by atoms with Crippen LogP contribution in [0.5, 0.6) is 0 Å². The van der Waals surface area contributed by atoms with E-state index in [2.05, 4.69) is 40.2 Å². The fourth-order valence-electron chi connectivity index (χ4n) is 4.13. The molecule has 1 aromatic heterocycles. The lowest BCUT2D eigenvalue weighted by Gasteiger charge is -2.33. The van der Waals surface area contributed by atoms with E-state index in [9.17, 15) is 4.79 Å². The van der Waals surface area contributed by atoms with E-state index < -0.39 is 0 Å². The molecule has 0 saturated heterocycles. The number of nitrogens with zero attached hydrogens (tertiary/aromatic N) is 2. The predicted octanol–water partition coefficient (Wildman–Crippen LogP) is 5.27. The van der Waals surface area contributed by atoms with E-state index in [0.717, 1.165) is 52.3 Å². The Morgan fingerprint density at radius 1 is 1.03 bits per heavy atom. The van der Waals surface area contributed by atoms with Crippen molar-refractivity contribution >= 4 is 32.7 Å². The van der Waals surface area contributed by atoms with Crippen molar-refractivity contribution in [1.82, 2.24) is 15.2 Å². The van der Waals surface area contributed by atoms with Crippen LogP contribution in [0.15, 0.2) is 59.1 Å². The summed E-state index contributed by atoms with van der Waals surface area (Å²) >= 11 is 3.48. The summed E-state index contributed by atoms with van der Waals surface area (Å²) in [5, 5.41) is 4.18. The van der Waals surface area contributed by atoms with Gasteiger partial charge in [-0.15, -0.1) is 0 Å². The van der Waals surface area contributed by atoms with Crippen LogP contribution in [0.1, 0.15) is 36.0 Å². The third-order valence-electron chi connectivity index (χ3n) is 5.86. The maximum Gasteiger partial charge on any atom is 0.252 e. The van der Waals surface area contributed by atoms with Gasteiger partial charge in [-0.3, -0.25) is 4.79 Å². The van der Waals surface area contributed by atoms with E-state index in [0.29, 0.717) is 11.6 Å². The lowest BCUT2D eigenvalue weighted by molar-refractivity contribution is 0.0918. The summed E-state index contributed by atoms with van der Waals surface area (Å²) in [6, 6.07) is 18.7. The van der Waals surface area contributed by atoms with Crippen molar-refractivity contribution in [1.29, 1.82) is 0 Å². The van der Waals surface area contributed by atoms with Gasteiger partial charge in [-0.1, -0.05) is 46.3 Å². The third-order valence-corrected chi connectivity index (χ3v) is 6.39. The van der Waals surface area contributed by atoms with Crippen LogP contribution in [0.2, 0.25) is 0 Å². The largest absolute Gasteiger partial charge is 0.349 e. The molecule has 0 spiro atoms. The third kappa shape index (κ3) is 4.51. The van der Waals surface area contributed by atoms with E-state index in [1.807, 2.05) is 54.6 Å². The van der Waals surface area contributed by atoms with E-state index in [-0.39, 0.29) is 11.9 Å². The van der Waals surface area contributed by atoms with E-state index in [1.54, 1.807) is 0 Å². The van der Waals surface area contributed by atoms with E-state index in [4.69, 9.17) is 4.98 Å².